The highest BCUT2D eigenvalue weighted by Crippen LogP contribution is 2.43. The van der Waals surface area contributed by atoms with E-state index in [0.717, 1.165) is 12.1 Å². The van der Waals surface area contributed by atoms with E-state index < -0.39 is 10.0 Å². The van der Waals surface area contributed by atoms with Gasteiger partial charge in [-0.05, 0) is 74.7 Å². The van der Waals surface area contributed by atoms with Crippen LogP contribution < -0.4 is 15.8 Å². The maximum absolute atomic E-state index is 11.3. The number of rotatable bonds is 4. The van der Waals surface area contributed by atoms with Crippen molar-refractivity contribution in [2.75, 3.05) is 13.1 Å². The molecule has 0 amide bonds. The number of piperidine rings is 1. The predicted octanol–water partition coefficient (Wildman–Crippen LogP) is 1.74. The number of sulfonamides is 1. The first-order valence-corrected chi connectivity index (χ1v) is 10.1. The summed E-state index contributed by atoms with van der Waals surface area (Å²) in [4.78, 5) is 0.173. The quantitative estimate of drug-likeness (QED) is 0.781. The molecular weight excluding hydrogens is 310 g/mol. The van der Waals surface area contributed by atoms with E-state index in [1.807, 2.05) is 12.1 Å². The number of nitrogens with one attached hydrogen (secondary N) is 2. The third kappa shape index (κ3) is 4.32. The zero-order valence-corrected chi connectivity index (χ0v) is 14.4. The van der Waals surface area contributed by atoms with Crippen molar-refractivity contribution in [3.05, 3.63) is 29.8 Å². The van der Waals surface area contributed by atoms with Gasteiger partial charge in [0.2, 0.25) is 10.0 Å². The summed E-state index contributed by atoms with van der Waals surface area (Å²) >= 11 is 0. The lowest BCUT2D eigenvalue weighted by atomic mass is 9.67. The first kappa shape index (κ1) is 16.9. The van der Waals surface area contributed by atoms with Crippen LogP contribution in [-0.2, 0) is 16.6 Å². The van der Waals surface area contributed by atoms with Crippen molar-refractivity contribution >= 4 is 10.0 Å². The summed E-state index contributed by atoms with van der Waals surface area (Å²) in [6.07, 6.45) is 7.81. The molecule has 1 saturated heterocycles. The maximum atomic E-state index is 11.3. The van der Waals surface area contributed by atoms with E-state index in [1.165, 1.54) is 51.6 Å². The van der Waals surface area contributed by atoms with Gasteiger partial charge in [-0.3, -0.25) is 0 Å². The van der Waals surface area contributed by atoms with Gasteiger partial charge >= 0.3 is 0 Å². The predicted molar refractivity (Wildman–Crippen MR) is 91.4 cm³/mol. The van der Waals surface area contributed by atoms with E-state index in [0.29, 0.717) is 11.5 Å². The Morgan fingerprint density at radius 2 is 1.70 bits per heavy atom. The fourth-order valence-electron chi connectivity index (χ4n) is 3.95. The second kappa shape index (κ2) is 6.89. The molecule has 2 fully saturated rings. The lowest BCUT2D eigenvalue weighted by Gasteiger charge is -2.43. The molecule has 3 rings (SSSR count). The van der Waals surface area contributed by atoms with Gasteiger partial charge in [0, 0.05) is 12.6 Å². The van der Waals surface area contributed by atoms with Crippen molar-refractivity contribution in [2.45, 2.75) is 56.0 Å². The zero-order valence-electron chi connectivity index (χ0n) is 13.6. The number of hydrogen-bond acceptors (Lipinski definition) is 4. The van der Waals surface area contributed by atoms with Crippen LogP contribution in [0.15, 0.2) is 29.2 Å². The van der Waals surface area contributed by atoms with Crippen LogP contribution in [0.2, 0.25) is 0 Å². The van der Waals surface area contributed by atoms with E-state index in [-0.39, 0.29) is 4.90 Å². The summed E-state index contributed by atoms with van der Waals surface area (Å²) in [5.74, 6) is 0. The Balaban J connectivity index is 1.48. The van der Waals surface area contributed by atoms with Crippen molar-refractivity contribution < 1.29 is 8.42 Å². The Morgan fingerprint density at radius 1 is 1.09 bits per heavy atom. The summed E-state index contributed by atoms with van der Waals surface area (Å²) in [7, 11) is -3.60. The summed E-state index contributed by atoms with van der Waals surface area (Å²) in [5.41, 5.74) is 1.69. The zero-order chi connectivity index (χ0) is 16.3. The van der Waals surface area contributed by atoms with Crippen LogP contribution in [-0.4, -0.2) is 27.5 Å². The molecule has 1 aromatic carbocycles. The monoisotopic (exact) mass is 337 g/mol. The van der Waals surface area contributed by atoms with Gasteiger partial charge in [0.1, 0.15) is 0 Å². The molecule has 5 nitrogen and oxygen atoms in total. The highest BCUT2D eigenvalue weighted by molar-refractivity contribution is 7.89. The van der Waals surface area contributed by atoms with Gasteiger partial charge in [-0.15, -0.1) is 0 Å². The van der Waals surface area contributed by atoms with E-state index in [1.54, 1.807) is 12.1 Å². The minimum absolute atomic E-state index is 0.173. The molecular formula is C17H27N3O2S. The van der Waals surface area contributed by atoms with Gasteiger partial charge in [-0.2, -0.15) is 0 Å². The molecule has 0 unspecified atom stereocenters. The molecule has 1 heterocycles. The maximum Gasteiger partial charge on any atom is 0.238 e. The molecule has 6 heteroatoms. The molecule has 1 aliphatic heterocycles. The lowest BCUT2D eigenvalue weighted by molar-refractivity contribution is 0.115. The van der Waals surface area contributed by atoms with Crippen LogP contribution in [0.5, 0.6) is 0 Å². The van der Waals surface area contributed by atoms with Gasteiger partial charge in [-0.25, -0.2) is 13.6 Å². The second-order valence-electron chi connectivity index (χ2n) is 7.09. The SMILES string of the molecule is NS(=O)(=O)c1ccc(CNC2CCC3(CCNCC3)CC2)cc1. The fraction of sp³-hybridized carbons (Fsp3) is 0.647. The van der Waals surface area contributed by atoms with Gasteiger partial charge in [0.05, 0.1) is 4.90 Å². The summed E-state index contributed by atoms with van der Waals surface area (Å²) in [6.45, 7) is 3.13. The van der Waals surface area contributed by atoms with Gasteiger partial charge in [-0.1, -0.05) is 12.1 Å². The molecule has 4 N–H and O–H groups in total. The molecule has 1 saturated carbocycles. The number of benzene rings is 1. The minimum Gasteiger partial charge on any atom is -0.317 e. The van der Waals surface area contributed by atoms with E-state index >= 15 is 0 Å². The molecule has 0 aromatic heterocycles. The Morgan fingerprint density at radius 3 is 2.26 bits per heavy atom. The van der Waals surface area contributed by atoms with Crippen molar-refractivity contribution in [1.82, 2.24) is 10.6 Å². The highest BCUT2D eigenvalue weighted by atomic mass is 32.2. The minimum atomic E-state index is -3.60. The summed E-state index contributed by atoms with van der Waals surface area (Å²) in [5, 5.41) is 12.2. The average molecular weight is 337 g/mol. The first-order valence-electron chi connectivity index (χ1n) is 8.53. The Labute approximate surface area is 139 Å². The lowest BCUT2D eigenvalue weighted by Crippen LogP contribution is -2.42. The summed E-state index contributed by atoms with van der Waals surface area (Å²) < 4.78 is 22.5. The molecule has 1 aliphatic carbocycles. The van der Waals surface area contributed by atoms with Crippen molar-refractivity contribution in [3.8, 4) is 0 Å². The molecule has 0 atom stereocenters. The van der Waals surface area contributed by atoms with Crippen molar-refractivity contribution in [2.24, 2.45) is 10.6 Å². The highest BCUT2D eigenvalue weighted by Gasteiger charge is 2.35. The van der Waals surface area contributed by atoms with E-state index in [9.17, 15) is 8.42 Å². The van der Waals surface area contributed by atoms with Crippen LogP contribution in [0.25, 0.3) is 0 Å². The van der Waals surface area contributed by atoms with Crippen LogP contribution in [0.4, 0.5) is 0 Å². The van der Waals surface area contributed by atoms with Crippen molar-refractivity contribution in [3.63, 3.8) is 0 Å². The van der Waals surface area contributed by atoms with E-state index in [2.05, 4.69) is 10.6 Å². The molecule has 1 spiro atoms. The Hall–Kier alpha value is -0.950. The van der Waals surface area contributed by atoms with Crippen molar-refractivity contribution in [1.29, 1.82) is 0 Å². The second-order valence-corrected chi connectivity index (χ2v) is 8.66. The number of primary sulfonamides is 1. The molecule has 1 aromatic rings. The third-order valence-electron chi connectivity index (χ3n) is 5.56. The largest absolute Gasteiger partial charge is 0.317 e. The van der Waals surface area contributed by atoms with Crippen LogP contribution in [0.1, 0.15) is 44.1 Å². The Bertz CT molecular complexity index is 612. The molecule has 2 aliphatic rings. The molecule has 0 bridgehead atoms. The van der Waals surface area contributed by atoms with Gasteiger partial charge in [0.15, 0.2) is 0 Å². The summed E-state index contributed by atoms with van der Waals surface area (Å²) in [6, 6.07) is 7.41. The smallest absolute Gasteiger partial charge is 0.238 e. The normalized spacial score (nSPS) is 22.3. The third-order valence-corrected chi connectivity index (χ3v) is 6.49. The van der Waals surface area contributed by atoms with Crippen LogP contribution in [0, 0.1) is 5.41 Å². The topological polar surface area (TPSA) is 84.2 Å². The molecule has 128 valence electrons. The van der Waals surface area contributed by atoms with E-state index in [4.69, 9.17) is 5.14 Å². The van der Waals surface area contributed by atoms with Crippen LogP contribution in [0.3, 0.4) is 0 Å². The fourth-order valence-corrected chi connectivity index (χ4v) is 4.47. The standard InChI is InChI=1S/C17H27N3O2S/c18-23(21,22)16-3-1-14(2-4-16)13-20-15-5-7-17(8-6-15)9-11-19-12-10-17/h1-4,15,19-20H,5-13H2,(H2,18,21,22). The van der Waals surface area contributed by atoms with Gasteiger partial charge in [0.25, 0.3) is 0 Å². The molecule has 23 heavy (non-hydrogen) atoms. The first-order chi connectivity index (χ1) is 11.0. The Kier molecular flexibility index (Phi) is 5.06. The van der Waals surface area contributed by atoms with Gasteiger partial charge < -0.3 is 10.6 Å². The van der Waals surface area contributed by atoms with Crippen LogP contribution >= 0.6 is 0 Å². The number of hydrogen-bond donors (Lipinski definition) is 3. The number of nitrogens with two attached hydrogens (primary N) is 1. The average Bonchev–Trinajstić information content (AvgIpc) is 2.55. The molecule has 0 radical (unpaired) electrons.